The minimum atomic E-state index is -0.435. The Balaban J connectivity index is 2.93. The van der Waals surface area contributed by atoms with Crippen LogP contribution in [0.5, 0.6) is 0 Å². The molecule has 1 aromatic carbocycles. The third kappa shape index (κ3) is 4.13. The molecule has 1 aromatic rings. The molecule has 0 atom stereocenters. The van der Waals surface area contributed by atoms with Crippen LogP contribution in [0.15, 0.2) is 18.2 Å². The lowest BCUT2D eigenvalue weighted by Gasteiger charge is -2.22. The second-order valence-corrected chi connectivity index (χ2v) is 4.64. The van der Waals surface area contributed by atoms with E-state index in [1.807, 2.05) is 6.92 Å². The molecule has 1 rings (SSSR count). The molecule has 6 heteroatoms. The highest BCUT2D eigenvalue weighted by molar-refractivity contribution is 6.33. The minimum absolute atomic E-state index is 0.0908. The molecule has 0 spiro atoms. The molecule has 0 heterocycles. The van der Waals surface area contributed by atoms with Crippen LogP contribution in [-0.2, 0) is 9.53 Å². The topological polar surface area (TPSA) is 72.6 Å². The molecular formula is C14H19ClN2O3. The first kappa shape index (κ1) is 16.3. The van der Waals surface area contributed by atoms with Crippen molar-refractivity contribution in [1.82, 2.24) is 4.90 Å². The molecule has 0 aliphatic carbocycles. The normalized spacial score (nSPS) is 10.2. The van der Waals surface area contributed by atoms with Gasteiger partial charge in [-0.15, -0.1) is 0 Å². The summed E-state index contributed by atoms with van der Waals surface area (Å²) in [6.07, 6.45) is 0.728. The van der Waals surface area contributed by atoms with Gasteiger partial charge in [0.2, 0.25) is 0 Å². The molecule has 0 bridgehead atoms. The van der Waals surface area contributed by atoms with Gasteiger partial charge >= 0.3 is 5.97 Å². The standard InChI is InChI=1S/C14H19ClN2O3/c1-3-8-17(9-12(18)20-4-2)14(19)10-6-5-7-11(15)13(10)16/h5-7H,3-4,8-9,16H2,1-2H3. The molecule has 0 saturated heterocycles. The van der Waals surface area contributed by atoms with Crippen LogP contribution in [0.2, 0.25) is 5.02 Å². The fraction of sp³-hybridized carbons (Fsp3) is 0.429. The molecule has 0 aromatic heterocycles. The number of para-hydroxylation sites is 1. The fourth-order valence-electron chi connectivity index (χ4n) is 1.78. The number of nitrogens with zero attached hydrogens (tertiary/aromatic N) is 1. The van der Waals surface area contributed by atoms with Gasteiger partial charge in [-0.3, -0.25) is 9.59 Å². The van der Waals surface area contributed by atoms with Crippen molar-refractivity contribution in [3.8, 4) is 0 Å². The Morgan fingerprint density at radius 2 is 2.05 bits per heavy atom. The highest BCUT2D eigenvalue weighted by Crippen LogP contribution is 2.23. The number of hydrogen-bond donors (Lipinski definition) is 1. The van der Waals surface area contributed by atoms with Gasteiger partial charge in [0.05, 0.1) is 22.9 Å². The smallest absolute Gasteiger partial charge is 0.325 e. The Morgan fingerprint density at radius 3 is 2.65 bits per heavy atom. The third-order valence-electron chi connectivity index (χ3n) is 2.69. The first-order valence-electron chi connectivity index (χ1n) is 6.50. The summed E-state index contributed by atoms with van der Waals surface area (Å²) in [6, 6.07) is 4.86. The van der Waals surface area contributed by atoms with Gasteiger partial charge in [-0.05, 0) is 25.5 Å². The van der Waals surface area contributed by atoms with Crippen LogP contribution in [0.25, 0.3) is 0 Å². The lowest BCUT2D eigenvalue weighted by atomic mass is 10.1. The maximum atomic E-state index is 12.4. The van der Waals surface area contributed by atoms with Crippen LogP contribution in [0.4, 0.5) is 5.69 Å². The Kier molecular flexibility index (Phi) is 6.31. The summed E-state index contributed by atoms with van der Waals surface area (Å²) in [5.41, 5.74) is 6.34. The number of carbonyl (C=O) groups excluding carboxylic acids is 2. The SMILES string of the molecule is CCCN(CC(=O)OCC)C(=O)c1cccc(Cl)c1N. The van der Waals surface area contributed by atoms with Crippen molar-refractivity contribution in [2.45, 2.75) is 20.3 Å². The van der Waals surface area contributed by atoms with E-state index in [4.69, 9.17) is 22.1 Å². The van der Waals surface area contributed by atoms with Crippen molar-refractivity contribution < 1.29 is 14.3 Å². The van der Waals surface area contributed by atoms with Crippen LogP contribution < -0.4 is 5.73 Å². The van der Waals surface area contributed by atoms with Gasteiger partial charge in [-0.1, -0.05) is 24.6 Å². The molecule has 20 heavy (non-hydrogen) atoms. The molecule has 0 aliphatic heterocycles. The summed E-state index contributed by atoms with van der Waals surface area (Å²) in [6.45, 7) is 4.29. The Labute approximate surface area is 123 Å². The minimum Gasteiger partial charge on any atom is -0.465 e. The highest BCUT2D eigenvalue weighted by Gasteiger charge is 2.21. The Morgan fingerprint density at radius 1 is 1.35 bits per heavy atom. The van der Waals surface area contributed by atoms with Crippen molar-refractivity contribution in [3.05, 3.63) is 28.8 Å². The zero-order valence-corrected chi connectivity index (χ0v) is 12.4. The molecule has 0 aliphatic rings. The number of ether oxygens (including phenoxy) is 1. The van der Waals surface area contributed by atoms with E-state index in [1.165, 1.54) is 4.90 Å². The van der Waals surface area contributed by atoms with E-state index >= 15 is 0 Å². The summed E-state index contributed by atoms with van der Waals surface area (Å²) in [7, 11) is 0. The second kappa shape index (κ2) is 7.75. The number of amides is 1. The average molecular weight is 299 g/mol. The summed E-state index contributed by atoms with van der Waals surface area (Å²) in [5, 5.41) is 0.323. The monoisotopic (exact) mass is 298 g/mol. The Hall–Kier alpha value is -1.75. The van der Waals surface area contributed by atoms with Gasteiger partial charge in [0.1, 0.15) is 6.54 Å². The Bertz CT molecular complexity index is 491. The van der Waals surface area contributed by atoms with E-state index in [-0.39, 0.29) is 24.7 Å². The summed E-state index contributed by atoms with van der Waals surface area (Å²) >= 11 is 5.91. The summed E-state index contributed by atoms with van der Waals surface area (Å²) < 4.78 is 4.87. The second-order valence-electron chi connectivity index (χ2n) is 4.23. The van der Waals surface area contributed by atoms with E-state index in [1.54, 1.807) is 25.1 Å². The molecule has 5 nitrogen and oxygen atoms in total. The van der Waals surface area contributed by atoms with Crippen molar-refractivity contribution in [1.29, 1.82) is 0 Å². The third-order valence-corrected chi connectivity index (χ3v) is 3.02. The number of esters is 1. The predicted molar refractivity (Wildman–Crippen MR) is 78.7 cm³/mol. The van der Waals surface area contributed by atoms with Crippen LogP contribution in [-0.4, -0.2) is 36.5 Å². The largest absolute Gasteiger partial charge is 0.465 e. The molecular weight excluding hydrogens is 280 g/mol. The van der Waals surface area contributed by atoms with Gasteiger partial charge in [0.15, 0.2) is 0 Å². The number of halogens is 1. The maximum absolute atomic E-state index is 12.4. The lowest BCUT2D eigenvalue weighted by molar-refractivity contribution is -0.143. The summed E-state index contributed by atoms with van der Waals surface area (Å²) in [5.74, 6) is -0.755. The number of nitrogen functional groups attached to an aromatic ring is 1. The van der Waals surface area contributed by atoms with E-state index in [2.05, 4.69) is 0 Å². The quantitative estimate of drug-likeness (QED) is 0.646. The zero-order valence-electron chi connectivity index (χ0n) is 11.7. The molecule has 0 unspecified atom stereocenters. The van der Waals surface area contributed by atoms with Crippen LogP contribution in [0.1, 0.15) is 30.6 Å². The molecule has 0 radical (unpaired) electrons. The van der Waals surface area contributed by atoms with E-state index in [0.717, 1.165) is 6.42 Å². The first-order valence-corrected chi connectivity index (χ1v) is 6.87. The zero-order chi connectivity index (χ0) is 15.1. The number of rotatable bonds is 6. The van der Waals surface area contributed by atoms with E-state index in [0.29, 0.717) is 17.1 Å². The number of benzene rings is 1. The van der Waals surface area contributed by atoms with Crippen molar-refractivity contribution >= 4 is 29.2 Å². The van der Waals surface area contributed by atoms with E-state index in [9.17, 15) is 9.59 Å². The number of hydrogen-bond acceptors (Lipinski definition) is 4. The fourth-order valence-corrected chi connectivity index (χ4v) is 1.95. The van der Waals surface area contributed by atoms with E-state index < -0.39 is 5.97 Å². The van der Waals surface area contributed by atoms with Crippen molar-refractivity contribution in [2.24, 2.45) is 0 Å². The predicted octanol–water partition coefficient (Wildman–Crippen LogP) is 2.34. The van der Waals surface area contributed by atoms with Gasteiger partial charge in [0.25, 0.3) is 5.91 Å². The lowest BCUT2D eigenvalue weighted by Crippen LogP contribution is -2.37. The molecule has 0 saturated carbocycles. The number of nitrogens with two attached hydrogens (primary N) is 1. The first-order chi connectivity index (χ1) is 9.51. The molecule has 0 fully saturated rings. The van der Waals surface area contributed by atoms with Crippen LogP contribution >= 0.6 is 11.6 Å². The summed E-state index contributed by atoms with van der Waals surface area (Å²) in [4.78, 5) is 25.4. The highest BCUT2D eigenvalue weighted by atomic mass is 35.5. The number of carbonyl (C=O) groups is 2. The average Bonchev–Trinajstić information content (AvgIpc) is 2.41. The molecule has 1 amide bonds. The molecule has 2 N–H and O–H groups in total. The molecule has 110 valence electrons. The van der Waals surface area contributed by atoms with Crippen LogP contribution in [0, 0.1) is 0 Å². The maximum Gasteiger partial charge on any atom is 0.325 e. The van der Waals surface area contributed by atoms with Gasteiger partial charge < -0.3 is 15.4 Å². The number of anilines is 1. The van der Waals surface area contributed by atoms with Gasteiger partial charge in [-0.2, -0.15) is 0 Å². The van der Waals surface area contributed by atoms with Crippen molar-refractivity contribution in [3.63, 3.8) is 0 Å². The van der Waals surface area contributed by atoms with Gasteiger partial charge in [-0.25, -0.2) is 0 Å². The van der Waals surface area contributed by atoms with Crippen LogP contribution in [0.3, 0.4) is 0 Å². The van der Waals surface area contributed by atoms with Gasteiger partial charge in [0, 0.05) is 6.54 Å². The van der Waals surface area contributed by atoms with Crippen molar-refractivity contribution in [2.75, 3.05) is 25.4 Å².